The zero-order valence-corrected chi connectivity index (χ0v) is 11.9. The van der Waals surface area contributed by atoms with Crippen molar-refractivity contribution in [2.75, 3.05) is 19.7 Å². The van der Waals surface area contributed by atoms with E-state index in [0.29, 0.717) is 13.1 Å². The molecule has 0 saturated carbocycles. The maximum absolute atomic E-state index is 12.3. The minimum Gasteiger partial charge on any atom is -0.487 e. The minimum absolute atomic E-state index is 0.0606. The van der Waals surface area contributed by atoms with Gasteiger partial charge in [-0.1, -0.05) is 0 Å². The van der Waals surface area contributed by atoms with Crippen molar-refractivity contribution >= 4 is 15.7 Å². The second-order valence-corrected chi connectivity index (χ2v) is 6.37. The Morgan fingerprint density at radius 1 is 1.35 bits per heavy atom. The van der Waals surface area contributed by atoms with E-state index in [1.165, 1.54) is 16.4 Å². The second kappa shape index (κ2) is 5.76. The molecule has 2 rings (SSSR count). The van der Waals surface area contributed by atoms with Crippen LogP contribution in [-0.2, 0) is 10.0 Å². The van der Waals surface area contributed by atoms with Crippen LogP contribution in [-0.4, -0.2) is 37.3 Å². The number of nitro groups is 1. The Hall–Kier alpha value is -1.67. The van der Waals surface area contributed by atoms with E-state index in [2.05, 4.69) is 0 Å². The van der Waals surface area contributed by atoms with Crippen molar-refractivity contribution in [3.05, 3.63) is 28.3 Å². The first kappa shape index (κ1) is 14.7. The van der Waals surface area contributed by atoms with Crippen LogP contribution in [0.2, 0.25) is 0 Å². The lowest BCUT2D eigenvalue weighted by Gasteiger charge is -2.15. The molecule has 0 radical (unpaired) electrons. The number of nitrogens with zero attached hydrogens (tertiary/aromatic N) is 2. The predicted octanol–water partition coefficient (Wildman–Crippen LogP) is 1.78. The smallest absolute Gasteiger partial charge is 0.312 e. The second-order valence-electron chi connectivity index (χ2n) is 4.43. The highest BCUT2D eigenvalue weighted by atomic mass is 32.2. The van der Waals surface area contributed by atoms with Crippen LogP contribution >= 0.6 is 0 Å². The summed E-state index contributed by atoms with van der Waals surface area (Å²) in [4.78, 5) is 10.3. The Balaban J connectivity index is 2.42. The van der Waals surface area contributed by atoms with E-state index < -0.39 is 14.9 Å². The first-order chi connectivity index (χ1) is 9.46. The van der Waals surface area contributed by atoms with Crippen molar-refractivity contribution in [1.29, 1.82) is 0 Å². The molecule has 7 nitrogen and oxygen atoms in total. The first-order valence-electron chi connectivity index (χ1n) is 6.38. The Labute approximate surface area is 117 Å². The Bertz CT molecular complexity index is 608. The molecule has 1 aliphatic heterocycles. The molecule has 0 bridgehead atoms. The molecule has 1 aliphatic rings. The summed E-state index contributed by atoms with van der Waals surface area (Å²) >= 11 is 0. The van der Waals surface area contributed by atoms with Gasteiger partial charge >= 0.3 is 5.69 Å². The van der Waals surface area contributed by atoms with Gasteiger partial charge in [0.2, 0.25) is 10.0 Å². The molecule has 0 aromatic heterocycles. The van der Waals surface area contributed by atoms with Crippen molar-refractivity contribution in [1.82, 2.24) is 4.31 Å². The number of benzene rings is 1. The molecule has 0 atom stereocenters. The molecule has 0 N–H and O–H groups in total. The van der Waals surface area contributed by atoms with Gasteiger partial charge in [-0.05, 0) is 31.9 Å². The molecule has 20 heavy (non-hydrogen) atoms. The summed E-state index contributed by atoms with van der Waals surface area (Å²) in [6.45, 7) is 2.91. The molecule has 1 fully saturated rings. The van der Waals surface area contributed by atoms with Gasteiger partial charge in [0.05, 0.1) is 16.4 Å². The van der Waals surface area contributed by atoms with E-state index in [1.807, 2.05) is 0 Å². The lowest BCUT2D eigenvalue weighted by atomic mass is 10.3. The number of hydrogen-bond donors (Lipinski definition) is 0. The van der Waals surface area contributed by atoms with Crippen molar-refractivity contribution < 1.29 is 18.1 Å². The molecular formula is C12H16N2O5S. The fourth-order valence-corrected chi connectivity index (χ4v) is 3.69. The SMILES string of the molecule is CCOc1ccc(S(=O)(=O)N2CCCC2)cc1[N+](=O)[O-]. The van der Waals surface area contributed by atoms with Crippen molar-refractivity contribution in [2.45, 2.75) is 24.7 Å². The Morgan fingerprint density at radius 2 is 2.00 bits per heavy atom. The van der Waals surface area contributed by atoms with Crippen molar-refractivity contribution in [2.24, 2.45) is 0 Å². The maximum Gasteiger partial charge on any atom is 0.312 e. The number of sulfonamides is 1. The zero-order valence-electron chi connectivity index (χ0n) is 11.1. The van der Waals surface area contributed by atoms with Gasteiger partial charge in [-0.15, -0.1) is 0 Å². The summed E-state index contributed by atoms with van der Waals surface area (Å²) in [5, 5.41) is 11.0. The van der Waals surface area contributed by atoms with Crippen LogP contribution in [0.15, 0.2) is 23.1 Å². The van der Waals surface area contributed by atoms with Gasteiger partial charge < -0.3 is 4.74 Å². The molecule has 0 aliphatic carbocycles. The van der Waals surface area contributed by atoms with E-state index in [4.69, 9.17) is 4.74 Å². The number of ether oxygens (including phenoxy) is 1. The van der Waals surface area contributed by atoms with Crippen LogP contribution < -0.4 is 4.74 Å². The molecule has 1 heterocycles. The molecule has 0 amide bonds. The minimum atomic E-state index is -3.65. The van der Waals surface area contributed by atoms with E-state index >= 15 is 0 Å². The third-order valence-corrected chi connectivity index (χ3v) is 5.02. The predicted molar refractivity (Wildman–Crippen MR) is 72.3 cm³/mol. The molecule has 1 aromatic carbocycles. The van der Waals surface area contributed by atoms with Crippen LogP contribution in [0, 0.1) is 10.1 Å². The summed E-state index contributed by atoms with van der Waals surface area (Å²) in [6.07, 6.45) is 1.64. The summed E-state index contributed by atoms with van der Waals surface area (Å²) in [6, 6.07) is 3.76. The average Bonchev–Trinajstić information content (AvgIpc) is 2.93. The van der Waals surface area contributed by atoms with E-state index in [0.717, 1.165) is 18.9 Å². The van der Waals surface area contributed by atoms with Gasteiger partial charge in [0.15, 0.2) is 5.75 Å². The fraction of sp³-hybridized carbons (Fsp3) is 0.500. The fourth-order valence-electron chi connectivity index (χ4n) is 2.16. The van der Waals surface area contributed by atoms with Gasteiger partial charge in [0.25, 0.3) is 0 Å². The van der Waals surface area contributed by atoms with Crippen molar-refractivity contribution in [3.8, 4) is 5.75 Å². The normalized spacial score (nSPS) is 16.2. The number of hydrogen-bond acceptors (Lipinski definition) is 5. The van der Waals surface area contributed by atoms with Crippen molar-refractivity contribution in [3.63, 3.8) is 0 Å². The highest BCUT2D eigenvalue weighted by molar-refractivity contribution is 7.89. The lowest BCUT2D eigenvalue weighted by molar-refractivity contribution is -0.386. The van der Waals surface area contributed by atoms with Gasteiger partial charge in [-0.3, -0.25) is 10.1 Å². The standard InChI is InChI=1S/C12H16N2O5S/c1-2-19-12-6-5-10(9-11(12)14(15)16)20(17,18)13-7-3-4-8-13/h5-6,9H,2-4,7-8H2,1H3. The summed E-state index contributed by atoms with van der Waals surface area (Å²) in [5.41, 5.74) is -0.327. The Morgan fingerprint density at radius 3 is 2.55 bits per heavy atom. The van der Waals surface area contributed by atoms with Gasteiger partial charge in [-0.2, -0.15) is 4.31 Å². The first-order valence-corrected chi connectivity index (χ1v) is 7.82. The summed E-state index contributed by atoms with van der Waals surface area (Å²) < 4.78 is 31.2. The van der Waals surface area contributed by atoms with Crippen LogP contribution in [0.3, 0.4) is 0 Å². The number of rotatable bonds is 5. The van der Waals surface area contributed by atoms with Crippen LogP contribution in [0.1, 0.15) is 19.8 Å². The molecular weight excluding hydrogens is 284 g/mol. The lowest BCUT2D eigenvalue weighted by Crippen LogP contribution is -2.27. The molecule has 0 spiro atoms. The monoisotopic (exact) mass is 300 g/mol. The summed E-state index contributed by atoms with van der Waals surface area (Å²) in [5.74, 6) is 0.0814. The molecule has 1 aromatic rings. The highest BCUT2D eigenvalue weighted by Gasteiger charge is 2.29. The molecule has 1 saturated heterocycles. The third-order valence-electron chi connectivity index (χ3n) is 3.13. The van der Waals surface area contributed by atoms with Gasteiger partial charge in [0.1, 0.15) is 0 Å². The topological polar surface area (TPSA) is 89.8 Å². The van der Waals surface area contributed by atoms with E-state index in [9.17, 15) is 18.5 Å². The van der Waals surface area contributed by atoms with Crippen LogP contribution in [0.4, 0.5) is 5.69 Å². The average molecular weight is 300 g/mol. The highest BCUT2D eigenvalue weighted by Crippen LogP contribution is 2.31. The third kappa shape index (κ3) is 2.75. The molecule has 110 valence electrons. The van der Waals surface area contributed by atoms with E-state index in [1.54, 1.807) is 6.92 Å². The van der Waals surface area contributed by atoms with E-state index in [-0.39, 0.29) is 22.9 Å². The summed E-state index contributed by atoms with van der Waals surface area (Å²) in [7, 11) is -3.65. The Kier molecular flexibility index (Phi) is 4.24. The van der Waals surface area contributed by atoms with Gasteiger partial charge in [0, 0.05) is 19.2 Å². The largest absolute Gasteiger partial charge is 0.487 e. The van der Waals surface area contributed by atoms with Crippen LogP contribution in [0.5, 0.6) is 5.75 Å². The maximum atomic E-state index is 12.3. The quantitative estimate of drug-likeness (QED) is 0.610. The number of nitro benzene ring substituents is 1. The van der Waals surface area contributed by atoms with Crippen LogP contribution in [0.25, 0.3) is 0 Å². The molecule has 8 heteroatoms. The molecule has 0 unspecified atom stereocenters. The zero-order chi connectivity index (χ0) is 14.8. The van der Waals surface area contributed by atoms with Gasteiger partial charge in [-0.25, -0.2) is 8.42 Å².